The molecule has 1 aromatic heterocycles. The molecule has 0 aliphatic rings. The van der Waals surface area contributed by atoms with E-state index in [1.54, 1.807) is 6.07 Å². The normalized spacial score (nSPS) is 10.3. The topological polar surface area (TPSA) is 114 Å². The number of hydrogen-bond donors (Lipinski definition) is 2. The van der Waals surface area contributed by atoms with E-state index in [2.05, 4.69) is 21.0 Å². The van der Waals surface area contributed by atoms with E-state index in [4.69, 9.17) is 11.5 Å². The molecule has 0 unspecified atom stereocenters. The van der Waals surface area contributed by atoms with Gasteiger partial charge in [0.2, 0.25) is 11.9 Å². The number of nitrogen functional groups attached to an aromatic ring is 2. The van der Waals surface area contributed by atoms with Crippen LogP contribution in [0.3, 0.4) is 0 Å². The van der Waals surface area contributed by atoms with E-state index in [1.807, 2.05) is 30.3 Å². The van der Waals surface area contributed by atoms with E-state index in [9.17, 15) is 5.26 Å². The van der Waals surface area contributed by atoms with Gasteiger partial charge in [-0.1, -0.05) is 24.3 Å². The first-order valence-electron chi connectivity index (χ1n) is 5.87. The van der Waals surface area contributed by atoms with E-state index in [1.165, 1.54) is 0 Å². The summed E-state index contributed by atoms with van der Waals surface area (Å²) in [5, 5.41) is 11.3. The zero-order valence-electron chi connectivity index (χ0n) is 10.4. The molecule has 0 bridgehead atoms. The van der Waals surface area contributed by atoms with Gasteiger partial charge < -0.3 is 11.5 Å². The van der Waals surface area contributed by atoms with Crippen LogP contribution in [0.15, 0.2) is 36.4 Å². The Kier molecular flexibility index (Phi) is 2.66. The van der Waals surface area contributed by atoms with E-state index >= 15 is 0 Å². The molecule has 0 fully saturated rings. The van der Waals surface area contributed by atoms with Crippen molar-refractivity contribution in [3.05, 3.63) is 42.0 Å². The van der Waals surface area contributed by atoms with Gasteiger partial charge in [-0.3, -0.25) is 0 Å². The molecule has 0 aliphatic carbocycles. The van der Waals surface area contributed by atoms with Crippen LogP contribution in [-0.2, 0) is 0 Å². The summed E-state index contributed by atoms with van der Waals surface area (Å²) in [5.74, 6) is 0.367. The maximum absolute atomic E-state index is 9.29. The molecule has 6 heteroatoms. The molecule has 96 valence electrons. The Labute approximate surface area is 114 Å². The van der Waals surface area contributed by atoms with Gasteiger partial charge in [-0.25, -0.2) is 0 Å². The summed E-state index contributed by atoms with van der Waals surface area (Å²) in [6.45, 7) is 0. The second-order valence-electron chi connectivity index (χ2n) is 4.23. The maximum atomic E-state index is 9.29. The van der Waals surface area contributed by atoms with Crippen LogP contribution in [0.5, 0.6) is 0 Å². The number of nitrogens with two attached hydrogens (primary N) is 2. The van der Waals surface area contributed by atoms with Crippen LogP contribution in [0, 0.1) is 11.3 Å². The van der Waals surface area contributed by atoms with Gasteiger partial charge >= 0.3 is 0 Å². The summed E-state index contributed by atoms with van der Waals surface area (Å²) in [5.41, 5.74) is 12.2. The number of anilines is 2. The fourth-order valence-corrected chi connectivity index (χ4v) is 2.05. The summed E-state index contributed by atoms with van der Waals surface area (Å²) in [6, 6.07) is 13.5. The average Bonchev–Trinajstić information content (AvgIpc) is 2.44. The van der Waals surface area contributed by atoms with Crippen molar-refractivity contribution in [3.8, 4) is 17.5 Å². The Morgan fingerprint density at radius 2 is 1.50 bits per heavy atom. The van der Waals surface area contributed by atoms with E-state index in [0.29, 0.717) is 17.0 Å². The number of hydrogen-bond acceptors (Lipinski definition) is 6. The molecule has 0 radical (unpaired) electrons. The summed E-state index contributed by atoms with van der Waals surface area (Å²) >= 11 is 0. The predicted molar refractivity (Wildman–Crippen MR) is 76.3 cm³/mol. The fourth-order valence-electron chi connectivity index (χ4n) is 2.05. The summed E-state index contributed by atoms with van der Waals surface area (Å²) < 4.78 is 0. The molecule has 0 aliphatic heterocycles. The van der Waals surface area contributed by atoms with Crippen molar-refractivity contribution in [1.82, 2.24) is 15.0 Å². The van der Waals surface area contributed by atoms with Crippen LogP contribution in [0.4, 0.5) is 11.9 Å². The lowest BCUT2D eigenvalue weighted by Crippen LogP contribution is -2.05. The van der Waals surface area contributed by atoms with E-state index in [-0.39, 0.29) is 11.9 Å². The Hall–Kier alpha value is -3.20. The minimum atomic E-state index is 0.0320. The Morgan fingerprint density at radius 1 is 0.900 bits per heavy atom. The third kappa shape index (κ3) is 1.97. The van der Waals surface area contributed by atoms with Gasteiger partial charge in [-0.2, -0.15) is 20.2 Å². The van der Waals surface area contributed by atoms with Crippen molar-refractivity contribution in [1.29, 1.82) is 5.26 Å². The number of rotatable bonds is 1. The van der Waals surface area contributed by atoms with Crippen molar-refractivity contribution < 1.29 is 0 Å². The third-order valence-corrected chi connectivity index (χ3v) is 2.92. The molecule has 3 aromatic rings. The van der Waals surface area contributed by atoms with Crippen LogP contribution in [0.2, 0.25) is 0 Å². The molecule has 0 saturated heterocycles. The van der Waals surface area contributed by atoms with Gasteiger partial charge in [0.05, 0.1) is 11.6 Å². The number of nitrogens with zero attached hydrogens (tertiary/aromatic N) is 4. The highest BCUT2D eigenvalue weighted by atomic mass is 15.1. The zero-order chi connectivity index (χ0) is 14.1. The molecule has 6 nitrogen and oxygen atoms in total. The number of aromatic nitrogens is 3. The second kappa shape index (κ2) is 4.48. The standard InChI is InChI=1S/C14H10N6/c15-7-10-5-8-3-1-2-4-9(8)6-11(10)12-18-13(16)20-14(17)19-12/h1-6H,(H4,16,17,18,19,20). The van der Waals surface area contributed by atoms with Crippen LogP contribution < -0.4 is 11.5 Å². The van der Waals surface area contributed by atoms with Crippen molar-refractivity contribution in [2.24, 2.45) is 0 Å². The maximum Gasteiger partial charge on any atom is 0.225 e. The lowest BCUT2D eigenvalue weighted by Gasteiger charge is -2.06. The molecule has 0 saturated carbocycles. The highest BCUT2D eigenvalue weighted by Crippen LogP contribution is 2.26. The molecule has 0 amide bonds. The summed E-state index contributed by atoms with van der Waals surface area (Å²) in [6.07, 6.45) is 0. The molecular formula is C14H10N6. The van der Waals surface area contributed by atoms with Gasteiger partial charge in [0, 0.05) is 5.56 Å². The number of nitriles is 1. The van der Waals surface area contributed by atoms with Gasteiger partial charge in [0.1, 0.15) is 0 Å². The molecule has 0 spiro atoms. The monoisotopic (exact) mass is 262 g/mol. The smallest absolute Gasteiger partial charge is 0.225 e. The first-order chi connectivity index (χ1) is 9.67. The zero-order valence-corrected chi connectivity index (χ0v) is 10.4. The minimum Gasteiger partial charge on any atom is -0.368 e. The van der Waals surface area contributed by atoms with Crippen molar-refractivity contribution >= 4 is 22.7 Å². The van der Waals surface area contributed by atoms with Crippen molar-refractivity contribution in [2.45, 2.75) is 0 Å². The van der Waals surface area contributed by atoms with Gasteiger partial charge in [-0.05, 0) is 22.9 Å². The van der Waals surface area contributed by atoms with Crippen LogP contribution in [0.25, 0.3) is 22.2 Å². The van der Waals surface area contributed by atoms with Crippen LogP contribution >= 0.6 is 0 Å². The van der Waals surface area contributed by atoms with Gasteiger partial charge in [0.25, 0.3) is 0 Å². The molecule has 20 heavy (non-hydrogen) atoms. The molecular weight excluding hydrogens is 252 g/mol. The fraction of sp³-hybridized carbons (Fsp3) is 0. The van der Waals surface area contributed by atoms with E-state index < -0.39 is 0 Å². The third-order valence-electron chi connectivity index (χ3n) is 2.92. The van der Waals surface area contributed by atoms with Gasteiger partial charge in [-0.15, -0.1) is 0 Å². The SMILES string of the molecule is N#Cc1cc2ccccc2cc1-c1nc(N)nc(N)n1. The quantitative estimate of drug-likeness (QED) is 0.690. The second-order valence-corrected chi connectivity index (χ2v) is 4.23. The molecule has 0 atom stereocenters. The lowest BCUT2D eigenvalue weighted by molar-refractivity contribution is 1.09. The van der Waals surface area contributed by atoms with E-state index in [0.717, 1.165) is 10.8 Å². The Balaban J connectivity index is 2.32. The highest BCUT2D eigenvalue weighted by Gasteiger charge is 2.11. The van der Waals surface area contributed by atoms with Crippen molar-refractivity contribution in [2.75, 3.05) is 11.5 Å². The summed E-state index contributed by atoms with van der Waals surface area (Å²) in [4.78, 5) is 11.8. The predicted octanol–water partition coefficient (Wildman–Crippen LogP) is 1.73. The molecule has 3 rings (SSSR count). The number of fused-ring (bicyclic) bond motifs is 1. The molecule has 1 heterocycles. The highest BCUT2D eigenvalue weighted by molar-refractivity contribution is 5.89. The number of benzene rings is 2. The first kappa shape index (κ1) is 11.9. The average molecular weight is 262 g/mol. The summed E-state index contributed by atoms with van der Waals surface area (Å²) in [7, 11) is 0. The minimum absolute atomic E-state index is 0.0320. The van der Waals surface area contributed by atoms with Crippen molar-refractivity contribution in [3.63, 3.8) is 0 Å². The first-order valence-corrected chi connectivity index (χ1v) is 5.87. The Morgan fingerprint density at radius 3 is 2.10 bits per heavy atom. The van der Waals surface area contributed by atoms with Crippen LogP contribution in [0.1, 0.15) is 5.56 Å². The lowest BCUT2D eigenvalue weighted by atomic mass is 10.0. The molecule has 4 N–H and O–H groups in total. The molecule has 2 aromatic carbocycles. The Bertz CT molecular complexity index is 830. The van der Waals surface area contributed by atoms with Crippen LogP contribution in [-0.4, -0.2) is 15.0 Å². The largest absolute Gasteiger partial charge is 0.368 e. The van der Waals surface area contributed by atoms with Gasteiger partial charge in [0.15, 0.2) is 5.82 Å².